The molecule has 1 unspecified atom stereocenters. The molecule has 0 radical (unpaired) electrons. The second-order valence-corrected chi connectivity index (χ2v) is 8.77. The number of rotatable bonds is 6. The lowest BCUT2D eigenvalue weighted by molar-refractivity contribution is -0.0298. The number of hydrogen-bond acceptors (Lipinski definition) is 7. The van der Waals surface area contributed by atoms with Gasteiger partial charge in [0.1, 0.15) is 30.0 Å². The molecule has 0 aliphatic carbocycles. The first kappa shape index (κ1) is 22.5. The molecule has 36 heavy (non-hydrogen) atoms. The van der Waals surface area contributed by atoms with Gasteiger partial charge in [-0.3, -0.25) is 14.1 Å². The van der Waals surface area contributed by atoms with Gasteiger partial charge in [0.2, 0.25) is 0 Å². The number of anilines is 1. The molecule has 1 aliphatic rings. The molecule has 1 aliphatic heterocycles. The molecule has 5 heterocycles. The summed E-state index contributed by atoms with van der Waals surface area (Å²) in [6, 6.07) is 5.36. The lowest BCUT2D eigenvalue weighted by Gasteiger charge is -2.23. The third-order valence-electron chi connectivity index (χ3n) is 6.45. The fraction of sp³-hybridized carbons (Fsp3) is 0.320. The van der Waals surface area contributed by atoms with Crippen molar-refractivity contribution in [2.24, 2.45) is 0 Å². The van der Waals surface area contributed by atoms with Crippen LogP contribution in [0.3, 0.4) is 0 Å². The van der Waals surface area contributed by atoms with E-state index in [4.69, 9.17) is 9.72 Å². The van der Waals surface area contributed by atoms with Crippen molar-refractivity contribution in [1.29, 1.82) is 0 Å². The zero-order valence-corrected chi connectivity index (χ0v) is 19.6. The molecule has 0 bridgehead atoms. The van der Waals surface area contributed by atoms with E-state index in [-0.39, 0.29) is 12.3 Å². The number of halogens is 2. The number of nitrogens with one attached hydrogen (secondary N) is 1. The summed E-state index contributed by atoms with van der Waals surface area (Å²) in [6.07, 6.45) is 9.44. The molecule has 6 rings (SSSR count). The van der Waals surface area contributed by atoms with Crippen LogP contribution in [0.4, 0.5) is 14.6 Å². The minimum Gasteiger partial charge on any atom is -0.358 e. The van der Waals surface area contributed by atoms with Gasteiger partial charge < -0.3 is 10.1 Å². The van der Waals surface area contributed by atoms with Crippen LogP contribution in [0.5, 0.6) is 0 Å². The van der Waals surface area contributed by atoms with Gasteiger partial charge in [-0.15, -0.1) is 0 Å². The van der Waals surface area contributed by atoms with Crippen molar-refractivity contribution in [1.82, 2.24) is 34.1 Å². The quantitative estimate of drug-likeness (QED) is 0.354. The number of aromatic nitrogens is 7. The Labute approximate surface area is 205 Å². The highest BCUT2D eigenvalue weighted by molar-refractivity contribution is 5.83. The first-order chi connectivity index (χ1) is 17.6. The van der Waals surface area contributed by atoms with Gasteiger partial charge in [0.05, 0.1) is 41.5 Å². The number of imidazole rings is 2. The second kappa shape index (κ2) is 9.23. The van der Waals surface area contributed by atoms with Crippen molar-refractivity contribution in [2.75, 3.05) is 11.9 Å². The number of benzene rings is 1. The van der Waals surface area contributed by atoms with Gasteiger partial charge in [0.15, 0.2) is 17.0 Å². The van der Waals surface area contributed by atoms with E-state index < -0.39 is 11.6 Å². The fourth-order valence-corrected chi connectivity index (χ4v) is 4.72. The number of fused-ring (bicyclic) bond motifs is 2. The zero-order valence-electron chi connectivity index (χ0n) is 19.6. The monoisotopic (exact) mass is 490 g/mol. The second-order valence-electron chi connectivity index (χ2n) is 8.77. The molecule has 184 valence electrons. The van der Waals surface area contributed by atoms with E-state index in [0.717, 1.165) is 25.5 Å². The van der Waals surface area contributed by atoms with E-state index in [9.17, 15) is 8.78 Å². The molecule has 4 aromatic heterocycles. The van der Waals surface area contributed by atoms with Crippen molar-refractivity contribution in [3.8, 4) is 5.69 Å². The number of ether oxygens (including phenoxy) is 1. The minimum atomic E-state index is -0.495. The summed E-state index contributed by atoms with van der Waals surface area (Å²) in [5.41, 5.74) is 2.85. The SMILES string of the molecule is CC[C@H](Nc1ncnc2c1ncn2C1CCCCO1)c1nc2ccc(F)cc2n1-c1cncc(F)c1. The highest BCUT2D eigenvalue weighted by Crippen LogP contribution is 2.32. The summed E-state index contributed by atoms with van der Waals surface area (Å²) < 4.78 is 37.9. The van der Waals surface area contributed by atoms with E-state index in [1.165, 1.54) is 30.7 Å². The normalized spacial score (nSPS) is 17.0. The van der Waals surface area contributed by atoms with Gasteiger partial charge in [-0.25, -0.2) is 28.7 Å². The smallest absolute Gasteiger partial charge is 0.167 e. The summed E-state index contributed by atoms with van der Waals surface area (Å²) >= 11 is 0. The predicted molar refractivity (Wildman–Crippen MR) is 130 cm³/mol. The van der Waals surface area contributed by atoms with Crippen LogP contribution in [0.25, 0.3) is 27.9 Å². The van der Waals surface area contributed by atoms with Gasteiger partial charge in [-0.1, -0.05) is 6.92 Å². The van der Waals surface area contributed by atoms with Crippen LogP contribution in [0.1, 0.15) is 50.7 Å². The Morgan fingerprint density at radius 3 is 2.83 bits per heavy atom. The topological polar surface area (TPSA) is 95.6 Å². The summed E-state index contributed by atoms with van der Waals surface area (Å²) in [5.74, 6) is 0.218. The molecule has 1 saturated heterocycles. The zero-order chi connectivity index (χ0) is 24.6. The number of pyridine rings is 1. The Balaban J connectivity index is 1.43. The van der Waals surface area contributed by atoms with Gasteiger partial charge in [0.25, 0.3) is 0 Å². The van der Waals surface area contributed by atoms with Crippen LogP contribution in [0, 0.1) is 11.6 Å². The third-order valence-corrected chi connectivity index (χ3v) is 6.45. The van der Waals surface area contributed by atoms with E-state index in [1.807, 2.05) is 11.5 Å². The molecule has 5 aromatic rings. The molecule has 1 fully saturated rings. The van der Waals surface area contributed by atoms with Gasteiger partial charge >= 0.3 is 0 Å². The number of hydrogen-bond donors (Lipinski definition) is 1. The Kier molecular flexibility index (Phi) is 5.76. The molecular weight excluding hydrogens is 466 g/mol. The first-order valence-corrected chi connectivity index (χ1v) is 12.0. The van der Waals surface area contributed by atoms with Crippen LogP contribution in [0.15, 0.2) is 49.3 Å². The molecule has 11 heteroatoms. The van der Waals surface area contributed by atoms with Gasteiger partial charge in [0, 0.05) is 18.7 Å². The molecule has 0 amide bonds. The Hall–Kier alpha value is -3.99. The van der Waals surface area contributed by atoms with E-state index in [0.29, 0.717) is 52.6 Å². The largest absolute Gasteiger partial charge is 0.358 e. The highest BCUT2D eigenvalue weighted by atomic mass is 19.1. The third kappa shape index (κ3) is 3.95. The van der Waals surface area contributed by atoms with Crippen LogP contribution in [-0.2, 0) is 4.74 Å². The van der Waals surface area contributed by atoms with Gasteiger partial charge in [-0.05, 0) is 37.8 Å². The fourth-order valence-electron chi connectivity index (χ4n) is 4.72. The first-order valence-electron chi connectivity index (χ1n) is 12.0. The summed E-state index contributed by atoms with van der Waals surface area (Å²) in [6.45, 7) is 2.71. The standard InChI is InChI=1S/C25H24F2N8O/c1-2-18(32-23-22-25(30-13-29-23)34(14-31-22)21-5-3-4-8-36-21)24-33-19-7-6-15(26)10-20(19)35(24)17-9-16(27)11-28-12-17/h6-7,9-14,18,21H,2-5,8H2,1H3,(H,29,30,32)/t18-,21?/m0/s1. The number of nitrogens with zero attached hydrogens (tertiary/aromatic N) is 7. The highest BCUT2D eigenvalue weighted by Gasteiger charge is 2.24. The molecule has 0 spiro atoms. The lowest BCUT2D eigenvalue weighted by Crippen LogP contribution is -2.18. The van der Waals surface area contributed by atoms with Crippen LogP contribution < -0.4 is 5.32 Å². The van der Waals surface area contributed by atoms with Crippen LogP contribution in [0.2, 0.25) is 0 Å². The van der Waals surface area contributed by atoms with Crippen molar-refractivity contribution in [3.05, 3.63) is 66.8 Å². The molecular formula is C25H24F2N8O. The average Bonchev–Trinajstić information content (AvgIpc) is 3.50. The summed E-state index contributed by atoms with van der Waals surface area (Å²) in [7, 11) is 0. The van der Waals surface area contributed by atoms with Crippen LogP contribution in [-0.4, -0.2) is 40.7 Å². The van der Waals surface area contributed by atoms with E-state index in [2.05, 4.69) is 25.3 Å². The molecule has 9 nitrogen and oxygen atoms in total. The average molecular weight is 491 g/mol. The maximum absolute atomic E-state index is 14.2. The summed E-state index contributed by atoms with van der Waals surface area (Å²) in [5, 5.41) is 3.45. The molecule has 0 saturated carbocycles. The predicted octanol–water partition coefficient (Wildman–Crippen LogP) is 5.10. The van der Waals surface area contributed by atoms with Crippen molar-refractivity contribution in [2.45, 2.75) is 44.9 Å². The molecule has 2 atom stereocenters. The van der Waals surface area contributed by atoms with E-state index in [1.54, 1.807) is 17.0 Å². The van der Waals surface area contributed by atoms with Crippen molar-refractivity contribution < 1.29 is 13.5 Å². The maximum atomic E-state index is 14.2. The molecule has 1 N–H and O–H groups in total. The Morgan fingerprint density at radius 2 is 2.03 bits per heavy atom. The Morgan fingerprint density at radius 1 is 1.11 bits per heavy atom. The van der Waals surface area contributed by atoms with Gasteiger partial charge in [-0.2, -0.15) is 0 Å². The van der Waals surface area contributed by atoms with E-state index >= 15 is 0 Å². The molecule has 1 aromatic carbocycles. The summed E-state index contributed by atoms with van der Waals surface area (Å²) in [4.78, 5) is 22.3. The van der Waals surface area contributed by atoms with Crippen LogP contribution >= 0.6 is 0 Å². The lowest BCUT2D eigenvalue weighted by atomic mass is 10.2. The maximum Gasteiger partial charge on any atom is 0.167 e. The Bertz CT molecular complexity index is 1540. The van der Waals surface area contributed by atoms with Crippen molar-refractivity contribution >= 4 is 28.0 Å². The van der Waals surface area contributed by atoms with Crippen molar-refractivity contribution in [3.63, 3.8) is 0 Å². The minimum absolute atomic E-state index is 0.104.